The van der Waals surface area contributed by atoms with E-state index in [0.29, 0.717) is 24.6 Å². The Morgan fingerprint density at radius 2 is 1.85 bits per heavy atom. The molecule has 224 valence electrons. The molecular weight excluding hydrogens is 536 g/mol. The van der Waals surface area contributed by atoms with Crippen LogP contribution in [0.1, 0.15) is 68.9 Å². The van der Waals surface area contributed by atoms with E-state index in [2.05, 4.69) is 51.8 Å². The van der Waals surface area contributed by atoms with Crippen molar-refractivity contribution in [2.45, 2.75) is 83.2 Å². The monoisotopic (exact) mass is 582 g/mol. The highest BCUT2D eigenvalue weighted by Crippen LogP contribution is 2.28. The number of aryl methyl sites for hydroxylation is 1. The fraction of sp³-hybridized carbons (Fsp3) is 0.613. The van der Waals surface area contributed by atoms with Crippen molar-refractivity contribution < 1.29 is 14.4 Å². The third kappa shape index (κ3) is 9.26. The van der Waals surface area contributed by atoms with Gasteiger partial charge in [0.1, 0.15) is 6.04 Å². The molecule has 2 aromatic rings. The first-order chi connectivity index (χ1) is 19.8. The van der Waals surface area contributed by atoms with Crippen molar-refractivity contribution in [3.8, 4) is 0 Å². The van der Waals surface area contributed by atoms with Gasteiger partial charge in [0.25, 0.3) is 0 Å². The molecule has 4 amide bonds. The van der Waals surface area contributed by atoms with Crippen LogP contribution in [0.25, 0.3) is 10.2 Å². The zero-order valence-corrected chi connectivity index (χ0v) is 25.4. The summed E-state index contributed by atoms with van der Waals surface area (Å²) in [5.41, 5.74) is 2.69. The van der Waals surface area contributed by atoms with Crippen molar-refractivity contribution in [1.82, 2.24) is 31.2 Å². The van der Waals surface area contributed by atoms with Gasteiger partial charge in [0.15, 0.2) is 0 Å². The van der Waals surface area contributed by atoms with E-state index >= 15 is 0 Å². The molecule has 41 heavy (non-hydrogen) atoms. The second-order valence-corrected chi connectivity index (χ2v) is 12.6. The Balaban J connectivity index is 1.43. The minimum absolute atomic E-state index is 0.166. The largest absolute Gasteiger partial charge is 0.350 e. The predicted molar refractivity (Wildman–Crippen MR) is 165 cm³/mol. The van der Waals surface area contributed by atoms with E-state index < -0.39 is 12.1 Å². The smallest absolute Gasteiger partial charge is 0.315 e. The number of nitrogens with zero attached hydrogens (tertiary/aromatic N) is 2. The number of amides is 4. The molecule has 2 heterocycles. The molecule has 4 rings (SSSR count). The Bertz CT molecular complexity index is 1200. The van der Waals surface area contributed by atoms with Gasteiger partial charge in [-0.2, -0.15) is 0 Å². The molecule has 1 aromatic heterocycles. The highest BCUT2D eigenvalue weighted by Gasteiger charge is 2.27. The highest BCUT2D eigenvalue weighted by atomic mass is 32.1. The van der Waals surface area contributed by atoms with Crippen LogP contribution in [-0.2, 0) is 22.4 Å². The normalized spacial score (nSPS) is 17.6. The first-order valence-electron chi connectivity index (χ1n) is 15.2. The number of benzene rings is 1. The van der Waals surface area contributed by atoms with Gasteiger partial charge in [-0.05, 0) is 62.4 Å². The van der Waals surface area contributed by atoms with Gasteiger partial charge in [-0.3, -0.25) is 14.5 Å². The summed E-state index contributed by atoms with van der Waals surface area (Å²) >= 11 is 1.55. The summed E-state index contributed by atoms with van der Waals surface area (Å²) < 4.78 is 1.07. The Morgan fingerprint density at radius 3 is 2.56 bits per heavy atom. The van der Waals surface area contributed by atoms with Crippen molar-refractivity contribution in [3.05, 3.63) is 40.9 Å². The van der Waals surface area contributed by atoms with Crippen molar-refractivity contribution in [3.63, 3.8) is 0 Å². The average molecular weight is 583 g/mol. The second-order valence-electron chi connectivity index (χ2n) is 11.5. The third-order valence-electron chi connectivity index (χ3n) is 8.27. The molecule has 1 saturated heterocycles. The van der Waals surface area contributed by atoms with Crippen LogP contribution in [0.3, 0.4) is 0 Å². The molecule has 10 heteroatoms. The molecule has 9 nitrogen and oxygen atoms in total. The number of fused-ring (bicyclic) bond motifs is 1. The van der Waals surface area contributed by atoms with Crippen LogP contribution in [0.15, 0.2) is 30.4 Å². The first kappa shape index (κ1) is 31.0. The summed E-state index contributed by atoms with van der Waals surface area (Å²) in [5.74, 6) is 0.0648. The van der Waals surface area contributed by atoms with Gasteiger partial charge in [-0.15, -0.1) is 11.3 Å². The van der Waals surface area contributed by atoms with Gasteiger partial charge >= 0.3 is 6.03 Å². The lowest BCUT2D eigenvalue weighted by atomic mass is 9.84. The summed E-state index contributed by atoms with van der Waals surface area (Å²) in [6.07, 6.45) is 10.2. The van der Waals surface area contributed by atoms with E-state index in [1.54, 1.807) is 11.3 Å². The minimum Gasteiger partial charge on any atom is -0.350 e. The van der Waals surface area contributed by atoms with Gasteiger partial charge in [-0.1, -0.05) is 51.7 Å². The lowest BCUT2D eigenvalue weighted by Gasteiger charge is -2.29. The molecule has 0 radical (unpaired) electrons. The molecule has 1 saturated carbocycles. The number of carbonyl (C=O) groups excluding carboxylic acids is 3. The lowest BCUT2D eigenvalue weighted by Crippen LogP contribution is -2.54. The summed E-state index contributed by atoms with van der Waals surface area (Å²) in [6.45, 7) is 9.04. The van der Waals surface area contributed by atoms with E-state index in [-0.39, 0.29) is 24.3 Å². The highest BCUT2D eigenvalue weighted by molar-refractivity contribution is 7.18. The number of likely N-dealkylation sites (tertiary alicyclic amines) is 1. The second kappa shape index (κ2) is 15.3. The Hall–Kier alpha value is -2.98. The molecule has 2 aliphatic rings. The van der Waals surface area contributed by atoms with E-state index in [4.69, 9.17) is 4.98 Å². The zero-order chi connectivity index (χ0) is 29.2. The number of aromatic nitrogens is 1. The molecule has 1 aromatic carbocycles. The number of nitrogens with one attached hydrogen (secondary N) is 4. The maximum Gasteiger partial charge on any atom is 0.315 e. The Kier molecular flexibility index (Phi) is 11.6. The quantitative estimate of drug-likeness (QED) is 0.267. The number of hydrogen-bond donors (Lipinski definition) is 4. The maximum atomic E-state index is 13.7. The van der Waals surface area contributed by atoms with Crippen LogP contribution in [0.2, 0.25) is 0 Å². The standard InChI is InChI=1S/C31H46N6O3S/c1-4-22-12-13-25-27(17-22)41-28(35-25)18-26(36-31(40)32-3)30(39)34-24(16-23-10-6-5-7-11-23)19-33-29(38)21(2)20-37-14-8-9-15-37/h12-13,17,23-24,26H,2,4-11,14-16,18-20H2,1,3H3,(H,33,38)(H,34,39)(H2,32,36,40)/t24-,26-/m0/s1. The van der Waals surface area contributed by atoms with Gasteiger partial charge in [0.05, 0.1) is 15.2 Å². The van der Waals surface area contributed by atoms with Crippen molar-refractivity contribution in [2.75, 3.05) is 33.2 Å². The topological polar surface area (TPSA) is 115 Å². The van der Waals surface area contributed by atoms with E-state index in [0.717, 1.165) is 66.8 Å². The van der Waals surface area contributed by atoms with Crippen molar-refractivity contribution >= 4 is 39.4 Å². The maximum absolute atomic E-state index is 13.7. The van der Waals surface area contributed by atoms with Gasteiger partial charge in [0, 0.05) is 38.2 Å². The summed E-state index contributed by atoms with van der Waals surface area (Å²) in [4.78, 5) is 45.8. The minimum atomic E-state index is -0.796. The number of rotatable bonds is 13. The average Bonchev–Trinajstić information content (AvgIpc) is 3.64. The summed E-state index contributed by atoms with van der Waals surface area (Å²) in [7, 11) is 1.53. The third-order valence-corrected chi connectivity index (χ3v) is 9.31. The van der Waals surface area contributed by atoms with Crippen LogP contribution < -0.4 is 21.3 Å². The summed E-state index contributed by atoms with van der Waals surface area (Å²) in [5, 5.41) is 12.4. The number of carbonyl (C=O) groups is 3. The summed E-state index contributed by atoms with van der Waals surface area (Å²) in [6, 6.07) is 4.76. The van der Waals surface area contributed by atoms with Gasteiger partial charge < -0.3 is 21.3 Å². The van der Waals surface area contributed by atoms with E-state index in [1.807, 2.05) is 6.07 Å². The number of urea groups is 1. The van der Waals surface area contributed by atoms with Crippen molar-refractivity contribution in [1.29, 1.82) is 0 Å². The molecule has 0 bridgehead atoms. The number of thiazole rings is 1. The zero-order valence-electron chi connectivity index (χ0n) is 24.6. The molecule has 4 N–H and O–H groups in total. The SMILES string of the molecule is C=C(CN1CCCC1)C(=O)NC[C@H](CC1CCCCC1)NC(=O)[C@H](Cc1nc2ccc(CC)cc2s1)NC(=O)NC. The van der Waals surface area contributed by atoms with Gasteiger partial charge in [-0.25, -0.2) is 9.78 Å². The van der Waals surface area contributed by atoms with Crippen LogP contribution in [0, 0.1) is 5.92 Å². The van der Waals surface area contributed by atoms with Crippen LogP contribution in [-0.4, -0.2) is 73.0 Å². The molecule has 0 spiro atoms. The fourth-order valence-electron chi connectivity index (χ4n) is 5.88. The molecule has 0 unspecified atom stereocenters. The lowest BCUT2D eigenvalue weighted by molar-refractivity contribution is -0.124. The van der Waals surface area contributed by atoms with Gasteiger partial charge in [0.2, 0.25) is 11.8 Å². The molecule has 1 aliphatic heterocycles. The first-order valence-corrected chi connectivity index (χ1v) is 16.0. The van der Waals surface area contributed by atoms with Crippen LogP contribution >= 0.6 is 11.3 Å². The van der Waals surface area contributed by atoms with E-state index in [9.17, 15) is 14.4 Å². The van der Waals surface area contributed by atoms with Crippen molar-refractivity contribution in [2.24, 2.45) is 5.92 Å². The molecule has 2 fully saturated rings. The number of hydrogen-bond acceptors (Lipinski definition) is 6. The molecular formula is C31H46N6O3S. The molecule has 2 atom stereocenters. The predicted octanol–water partition coefficient (Wildman–Crippen LogP) is 3.92. The van der Waals surface area contributed by atoms with Crippen LogP contribution in [0.4, 0.5) is 4.79 Å². The van der Waals surface area contributed by atoms with Crippen LogP contribution in [0.5, 0.6) is 0 Å². The van der Waals surface area contributed by atoms with E-state index in [1.165, 1.54) is 31.9 Å². The Morgan fingerprint density at radius 1 is 1.10 bits per heavy atom. The Labute approximate surface area is 247 Å². The fourth-order valence-corrected chi connectivity index (χ4v) is 6.96. The molecule has 1 aliphatic carbocycles.